The van der Waals surface area contributed by atoms with Crippen LogP contribution in [0.5, 0.6) is 0 Å². The summed E-state index contributed by atoms with van der Waals surface area (Å²) >= 11 is 0. The van der Waals surface area contributed by atoms with Crippen LogP contribution in [0.2, 0.25) is 0 Å². The van der Waals surface area contributed by atoms with Crippen molar-refractivity contribution in [2.75, 3.05) is 5.32 Å². The SMILES string of the molecule is Cc1cc[nH]c(=O)c1NCc1cc2ccccc2[nH]c1=O. The number of benzene rings is 1. The zero-order chi connectivity index (χ0) is 14.8. The first-order valence-electron chi connectivity index (χ1n) is 6.68. The molecule has 0 spiro atoms. The Morgan fingerprint density at radius 3 is 2.71 bits per heavy atom. The fourth-order valence-electron chi connectivity index (χ4n) is 2.30. The molecule has 5 heteroatoms. The normalized spacial score (nSPS) is 10.7. The van der Waals surface area contributed by atoms with Gasteiger partial charge in [-0.3, -0.25) is 9.59 Å². The quantitative estimate of drug-likeness (QED) is 0.688. The lowest BCUT2D eigenvalue weighted by Crippen LogP contribution is -2.19. The number of aryl methyl sites for hydroxylation is 1. The minimum atomic E-state index is -0.188. The molecule has 0 aliphatic heterocycles. The fraction of sp³-hybridized carbons (Fsp3) is 0.125. The molecule has 106 valence electrons. The summed E-state index contributed by atoms with van der Waals surface area (Å²) in [6.45, 7) is 2.15. The van der Waals surface area contributed by atoms with Gasteiger partial charge in [0.1, 0.15) is 5.69 Å². The van der Waals surface area contributed by atoms with E-state index < -0.39 is 0 Å². The van der Waals surface area contributed by atoms with Crippen LogP contribution >= 0.6 is 0 Å². The molecule has 0 amide bonds. The van der Waals surface area contributed by atoms with Crippen LogP contribution in [0.3, 0.4) is 0 Å². The van der Waals surface area contributed by atoms with Crippen molar-refractivity contribution in [2.45, 2.75) is 13.5 Å². The van der Waals surface area contributed by atoms with Gasteiger partial charge in [-0.2, -0.15) is 0 Å². The van der Waals surface area contributed by atoms with Crippen molar-refractivity contribution in [1.82, 2.24) is 9.97 Å². The van der Waals surface area contributed by atoms with Gasteiger partial charge in [-0.25, -0.2) is 0 Å². The van der Waals surface area contributed by atoms with E-state index in [-0.39, 0.29) is 11.1 Å². The summed E-state index contributed by atoms with van der Waals surface area (Å²) in [6, 6.07) is 11.3. The Morgan fingerprint density at radius 2 is 1.90 bits per heavy atom. The fourth-order valence-corrected chi connectivity index (χ4v) is 2.30. The van der Waals surface area contributed by atoms with E-state index in [4.69, 9.17) is 0 Å². The highest BCUT2D eigenvalue weighted by molar-refractivity contribution is 5.78. The van der Waals surface area contributed by atoms with Gasteiger partial charge in [0.2, 0.25) is 0 Å². The minimum Gasteiger partial charge on any atom is -0.376 e. The number of rotatable bonds is 3. The molecule has 0 aliphatic rings. The van der Waals surface area contributed by atoms with E-state index in [9.17, 15) is 9.59 Å². The largest absolute Gasteiger partial charge is 0.376 e. The number of aromatic nitrogens is 2. The van der Waals surface area contributed by atoms with E-state index in [1.54, 1.807) is 6.20 Å². The van der Waals surface area contributed by atoms with Gasteiger partial charge in [0.25, 0.3) is 11.1 Å². The monoisotopic (exact) mass is 281 g/mol. The molecule has 21 heavy (non-hydrogen) atoms. The van der Waals surface area contributed by atoms with Crippen LogP contribution in [-0.4, -0.2) is 9.97 Å². The Kier molecular flexibility index (Phi) is 3.31. The second-order valence-electron chi connectivity index (χ2n) is 4.93. The number of anilines is 1. The van der Waals surface area contributed by atoms with E-state index in [0.717, 1.165) is 16.5 Å². The summed E-state index contributed by atoms with van der Waals surface area (Å²) in [7, 11) is 0. The Morgan fingerprint density at radius 1 is 1.10 bits per heavy atom. The average Bonchev–Trinajstić information content (AvgIpc) is 2.47. The predicted molar refractivity (Wildman–Crippen MR) is 83.7 cm³/mol. The van der Waals surface area contributed by atoms with Crippen molar-refractivity contribution < 1.29 is 0 Å². The van der Waals surface area contributed by atoms with Gasteiger partial charge in [-0.1, -0.05) is 18.2 Å². The zero-order valence-electron chi connectivity index (χ0n) is 11.6. The minimum absolute atomic E-state index is 0.147. The van der Waals surface area contributed by atoms with Gasteiger partial charge in [0.05, 0.1) is 0 Å². The average molecular weight is 281 g/mol. The molecule has 0 saturated carbocycles. The first kappa shape index (κ1) is 13.2. The Balaban J connectivity index is 1.94. The van der Waals surface area contributed by atoms with Crippen LogP contribution in [0.25, 0.3) is 10.9 Å². The van der Waals surface area contributed by atoms with Crippen LogP contribution < -0.4 is 16.4 Å². The lowest BCUT2D eigenvalue weighted by atomic mass is 10.1. The molecule has 0 radical (unpaired) electrons. The number of fused-ring (bicyclic) bond motifs is 1. The summed E-state index contributed by atoms with van der Waals surface area (Å²) in [5.41, 5.74) is 2.40. The summed E-state index contributed by atoms with van der Waals surface area (Å²) in [6.07, 6.45) is 1.60. The maximum absolute atomic E-state index is 12.0. The summed E-state index contributed by atoms with van der Waals surface area (Å²) in [4.78, 5) is 29.3. The molecule has 2 aromatic heterocycles. The molecule has 0 unspecified atom stereocenters. The maximum Gasteiger partial charge on any atom is 0.271 e. The third-order valence-electron chi connectivity index (χ3n) is 3.46. The van der Waals surface area contributed by atoms with E-state index >= 15 is 0 Å². The second kappa shape index (κ2) is 5.28. The van der Waals surface area contributed by atoms with E-state index in [1.165, 1.54) is 0 Å². The van der Waals surface area contributed by atoms with Crippen LogP contribution in [0.15, 0.2) is 52.2 Å². The van der Waals surface area contributed by atoms with Crippen LogP contribution in [0.1, 0.15) is 11.1 Å². The number of hydrogen-bond acceptors (Lipinski definition) is 3. The number of hydrogen-bond donors (Lipinski definition) is 3. The highest BCUT2D eigenvalue weighted by Gasteiger charge is 2.06. The van der Waals surface area contributed by atoms with Gasteiger partial charge in [-0.05, 0) is 36.1 Å². The highest BCUT2D eigenvalue weighted by atomic mass is 16.1. The van der Waals surface area contributed by atoms with Crippen LogP contribution in [0.4, 0.5) is 5.69 Å². The Bertz CT molecular complexity index is 909. The van der Waals surface area contributed by atoms with Gasteiger partial charge >= 0.3 is 0 Å². The molecule has 5 nitrogen and oxygen atoms in total. The zero-order valence-corrected chi connectivity index (χ0v) is 11.6. The lowest BCUT2D eigenvalue weighted by molar-refractivity contribution is 1.07. The van der Waals surface area contributed by atoms with Gasteiger partial charge in [0.15, 0.2) is 0 Å². The Hall–Kier alpha value is -2.82. The first-order chi connectivity index (χ1) is 10.1. The van der Waals surface area contributed by atoms with E-state index in [0.29, 0.717) is 17.8 Å². The number of para-hydroxylation sites is 1. The van der Waals surface area contributed by atoms with Crippen LogP contribution in [-0.2, 0) is 6.54 Å². The predicted octanol–water partition coefficient (Wildman–Crippen LogP) is 2.14. The summed E-state index contributed by atoms with van der Waals surface area (Å²) < 4.78 is 0. The molecule has 0 atom stereocenters. The lowest BCUT2D eigenvalue weighted by Gasteiger charge is -2.08. The van der Waals surface area contributed by atoms with Gasteiger partial charge < -0.3 is 15.3 Å². The third kappa shape index (κ3) is 2.58. The second-order valence-corrected chi connectivity index (χ2v) is 4.93. The number of aromatic amines is 2. The highest BCUT2D eigenvalue weighted by Crippen LogP contribution is 2.12. The maximum atomic E-state index is 12.0. The molecule has 1 aromatic carbocycles. The van der Waals surface area contributed by atoms with E-state index in [2.05, 4.69) is 15.3 Å². The number of pyridine rings is 2. The van der Waals surface area contributed by atoms with Crippen molar-refractivity contribution >= 4 is 16.6 Å². The molecule has 3 aromatic rings. The molecule has 0 aliphatic carbocycles. The first-order valence-corrected chi connectivity index (χ1v) is 6.68. The Labute approximate surface area is 120 Å². The smallest absolute Gasteiger partial charge is 0.271 e. The molecule has 3 rings (SSSR count). The number of nitrogens with one attached hydrogen (secondary N) is 3. The van der Waals surface area contributed by atoms with Gasteiger partial charge in [-0.15, -0.1) is 0 Å². The standard InChI is InChI=1S/C16H15N3O2/c1-10-6-7-17-16(21)14(10)18-9-12-8-11-4-2-3-5-13(11)19-15(12)20/h2-8,18H,9H2,1H3,(H,17,21)(H,19,20). The van der Waals surface area contributed by atoms with Crippen molar-refractivity contribution in [3.63, 3.8) is 0 Å². The number of H-pyrrole nitrogens is 2. The third-order valence-corrected chi connectivity index (χ3v) is 3.46. The molecule has 3 N–H and O–H groups in total. The molecule has 2 heterocycles. The van der Waals surface area contributed by atoms with E-state index in [1.807, 2.05) is 43.3 Å². The topological polar surface area (TPSA) is 77.8 Å². The van der Waals surface area contributed by atoms with Crippen molar-refractivity contribution in [3.8, 4) is 0 Å². The molecule has 0 fully saturated rings. The molecular weight excluding hydrogens is 266 g/mol. The molecular formula is C16H15N3O2. The summed E-state index contributed by atoms with van der Waals surface area (Å²) in [5.74, 6) is 0. The van der Waals surface area contributed by atoms with Crippen molar-refractivity contribution in [2.24, 2.45) is 0 Å². The summed E-state index contributed by atoms with van der Waals surface area (Å²) in [5, 5.41) is 4.00. The van der Waals surface area contributed by atoms with Crippen molar-refractivity contribution in [3.05, 3.63) is 74.4 Å². The van der Waals surface area contributed by atoms with Crippen molar-refractivity contribution in [1.29, 1.82) is 0 Å². The van der Waals surface area contributed by atoms with Crippen LogP contribution in [0, 0.1) is 6.92 Å². The molecule has 0 bridgehead atoms. The molecule has 0 saturated heterocycles. The van der Waals surface area contributed by atoms with Gasteiger partial charge in [0, 0.05) is 23.8 Å².